The molecule has 7 nitrogen and oxygen atoms in total. The van der Waals surface area contributed by atoms with Gasteiger partial charge in [-0.05, 0) is 38.5 Å². The molecule has 0 aliphatic carbocycles. The van der Waals surface area contributed by atoms with Crippen LogP contribution in [0.5, 0.6) is 0 Å². The normalized spacial score (nSPS) is 20.2. The molecule has 45 heavy (non-hydrogen) atoms. The third kappa shape index (κ3) is 24.8. The second-order valence-electron chi connectivity index (χ2n) is 14.0. The molecule has 274 valence electrons. The van der Waals surface area contributed by atoms with Crippen LogP contribution >= 0.6 is 54.7 Å². The first-order valence-corrected chi connectivity index (χ1v) is 26.9. The molecule has 0 spiro atoms. The van der Waals surface area contributed by atoms with Crippen LogP contribution in [0.3, 0.4) is 0 Å². The van der Waals surface area contributed by atoms with Crippen molar-refractivity contribution in [3.05, 3.63) is 0 Å². The minimum atomic E-state index is -4.88. The molecular weight excluding hydrogens is 713 g/mol. The van der Waals surface area contributed by atoms with Crippen molar-refractivity contribution in [2.75, 3.05) is 11.5 Å². The Morgan fingerprint density at radius 3 is 1.29 bits per heavy atom. The van der Waals surface area contributed by atoms with E-state index in [4.69, 9.17) is 51.2 Å². The molecule has 0 rings (SSSR count). The molecule has 0 fully saturated rings. The van der Waals surface area contributed by atoms with Crippen LogP contribution in [-0.2, 0) is 43.5 Å². The van der Waals surface area contributed by atoms with E-state index in [1.807, 2.05) is 27.7 Å². The SMILES string of the molecule is CC(C)CC(C)OP(=S)(OC(C)CC(C)C)SCC(C)OP(=O)(F)OC(C)CS[PH](S)(OC(C)CC(C)C)OC(C)CC(C)C. The number of halogens is 1. The Hall–Kier alpha value is 2.05. The Morgan fingerprint density at radius 1 is 0.600 bits per heavy atom. The van der Waals surface area contributed by atoms with Gasteiger partial charge in [-0.25, -0.2) is 0 Å². The molecular formula is C30H66FO7P3S4. The molecule has 0 aromatic heterocycles. The van der Waals surface area contributed by atoms with E-state index in [1.165, 1.54) is 22.8 Å². The Morgan fingerprint density at radius 2 is 0.933 bits per heavy atom. The predicted molar refractivity (Wildman–Crippen MR) is 206 cm³/mol. The van der Waals surface area contributed by atoms with Crippen LogP contribution in [-0.4, -0.2) is 48.1 Å². The van der Waals surface area contributed by atoms with Crippen molar-refractivity contribution in [2.24, 2.45) is 23.7 Å². The van der Waals surface area contributed by atoms with Gasteiger partial charge in [0, 0.05) is 0 Å². The molecule has 0 aliphatic heterocycles. The third-order valence-electron chi connectivity index (χ3n) is 6.11. The van der Waals surface area contributed by atoms with Gasteiger partial charge < -0.3 is 0 Å². The summed E-state index contributed by atoms with van der Waals surface area (Å²) in [5, 5.41) is 0. The molecule has 0 amide bonds. The van der Waals surface area contributed by atoms with Crippen LogP contribution in [0.15, 0.2) is 0 Å². The fraction of sp³-hybridized carbons (Fsp3) is 1.00. The van der Waals surface area contributed by atoms with E-state index in [2.05, 4.69) is 55.4 Å². The summed E-state index contributed by atoms with van der Waals surface area (Å²) in [5.41, 5.74) is -2.78. The summed E-state index contributed by atoms with van der Waals surface area (Å²) in [5.74, 6) is 2.33. The summed E-state index contributed by atoms with van der Waals surface area (Å²) < 4.78 is 64.0. The second-order valence-corrected chi connectivity index (χ2v) is 28.9. The van der Waals surface area contributed by atoms with Crippen molar-refractivity contribution in [3.63, 3.8) is 0 Å². The van der Waals surface area contributed by atoms with Gasteiger partial charge in [0.05, 0.1) is 0 Å². The van der Waals surface area contributed by atoms with Gasteiger partial charge in [0.1, 0.15) is 0 Å². The van der Waals surface area contributed by atoms with E-state index in [9.17, 15) is 4.57 Å². The van der Waals surface area contributed by atoms with E-state index in [0.29, 0.717) is 23.7 Å². The number of rotatable bonds is 26. The zero-order valence-electron chi connectivity index (χ0n) is 30.3. The van der Waals surface area contributed by atoms with E-state index in [1.54, 1.807) is 13.8 Å². The monoisotopic (exact) mass is 778 g/mol. The summed E-state index contributed by atoms with van der Waals surface area (Å²) >= 11 is 13.5. The van der Waals surface area contributed by atoms with E-state index < -0.39 is 31.9 Å². The molecule has 0 aromatic rings. The van der Waals surface area contributed by atoms with Crippen LogP contribution in [0.2, 0.25) is 0 Å². The molecule has 15 heteroatoms. The summed E-state index contributed by atoms with van der Waals surface area (Å²) in [6.45, 7) is 28.4. The average Bonchev–Trinajstić information content (AvgIpc) is 2.78. The van der Waals surface area contributed by atoms with Gasteiger partial charge in [0.25, 0.3) is 0 Å². The molecule has 0 saturated heterocycles. The molecule has 0 bridgehead atoms. The van der Waals surface area contributed by atoms with Gasteiger partial charge in [0.2, 0.25) is 0 Å². The topological polar surface area (TPSA) is 72.5 Å². The van der Waals surface area contributed by atoms with E-state index >= 15 is 4.20 Å². The third-order valence-corrected chi connectivity index (χ3v) is 19.3. The standard InChI is InChI=1S/C30H66FO7P3S4/c1-21(2)15-25(9)35-40(42,36-26(10)16-22(3)4)44-19-29(13)33-39(31,32)34-30(14)20-45-41(43,37-27(11)17-23(5)6)38-28(12)18-24(7)8/h21-30,40,42H,15-20H2,1-14H3. The van der Waals surface area contributed by atoms with Crippen LogP contribution < -0.4 is 0 Å². The fourth-order valence-corrected chi connectivity index (χ4v) is 18.1. The van der Waals surface area contributed by atoms with Crippen LogP contribution in [0, 0.1) is 23.7 Å². The van der Waals surface area contributed by atoms with Crippen molar-refractivity contribution >= 4 is 66.5 Å². The number of thiol groups is 1. The van der Waals surface area contributed by atoms with Gasteiger partial charge >= 0.3 is 231 Å². The predicted octanol–water partition coefficient (Wildman–Crippen LogP) is 12.7. The van der Waals surface area contributed by atoms with Gasteiger partial charge in [-0.3, -0.25) is 0 Å². The fourth-order valence-electron chi connectivity index (χ4n) is 4.90. The van der Waals surface area contributed by atoms with Gasteiger partial charge in [0.15, 0.2) is 0 Å². The Labute approximate surface area is 295 Å². The Bertz CT molecular complexity index is 864. The Kier molecular flexibility index (Phi) is 23.8. The first-order valence-electron chi connectivity index (χ1n) is 16.4. The number of hydrogen-bond donors (Lipinski definition) is 1. The number of hydrogen-bond acceptors (Lipinski definition) is 11. The zero-order valence-corrected chi connectivity index (χ0v) is 36.5. The van der Waals surface area contributed by atoms with Gasteiger partial charge in [-0.1, -0.05) is 27.7 Å². The summed E-state index contributed by atoms with van der Waals surface area (Å²) in [7, 11) is -4.88. The van der Waals surface area contributed by atoms with Crippen molar-refractivity contribution in [2.45, 2.75) is 159 Å². The maximum absolute atomic E-state index is 15.2. The first-order chi connectivity index (χ1) is 20.4. The van der Waals surface area contributed by atoms with Crippen LogP contribution in [0.1, 0.15) is 123 Å². The van der Waals surface area contributed by atoms with Crippen LogP contribution in [0.4, 0.5) is 4.20 Å². The van der Waals surface area contributed by atoms with Crippen molar-refractivity contribution in [1.82, 2.24) is 0 Å². The summed E-state index contributed by atoms with van der Waals surface area (Å²) in [6, 6.07) is 0. The molecule has 0 radical (unpaired) electrons. The molecule has 0 heterocycles. The first kappa shape index (κ1) is 47.0. The van der Waals surface area contributed by atoms with Crippen LogP contribution in [0.25, 0.3) is 0 Å². The minimum absolute atomic E-state index is 0.0490. The summed E-state index contributed by atoms with van der Waals surface area (Å²) in [6.07, 6.45) is -1.36. The quantitative estimate of drug-likeness (QED) is 0.0678. The van der Waals surface area contributed by atoms with Crippen molar-refractivity contribution < 1.29 is 35.9 Å². The maximum atomic E-state index is 15.2. The van der Waals surface area contributed by atoms with Gasteiger partial charge in [-0.15, -0.1) is 0 Å². The van der Waals surface area contributed by atoms with Crippen molar-refractivity contribution in [3.8, 4) is 0 Å². The second kappa shape index (κ2) is 22.8. The molecule has 0 aromatic carbocycles. The molecule has 0 aliphatic rings. The summed E-state index contributed by atoms with van der Waals surface area (Å²) in [4.78, 5) is 0. The molecule has 0 saturated carbocycles. The van der Waals surface area contributed by atoms with E-state index in [-0.39, 0.29) is 35.9 Å². The zero-order chi connectivity index (χ0) is 35.2. The molecule has 7 atom stereocenters. The molecule has 7 unspecified atom stereocenters. The van der Waals surface area contributed by atoms with Gasteiger partial charge in [-0.2, -0.15) is 0 Å². The van der Waals surface area contributed by atoms with Crippen molar-refractivity contribution in [1.29, 1.82) is 0 Å². The average molecular weight is 779 g/mol. The molecule has 0 N–H and O–H groups in total. The van der Waals surface area contributed by atoms with E-state index in [0.717, 1.165) is 25.7 Å². The Balaban J connectivity index is 5.32.